The quantitative estimate of drug-likeness (QED) is 0.757. The monoisotopic (exact) mass is 296 g/mol. The van der Waals surface area contributed by atoms with Crippen LogP contribution in [0, 0.1) is 13.8 Å². The number of anilines is 1. The molecular weight excluding hydrogens is 276 g/mol. The Morgan fingerprint density at radius 3 is 2.73 bits per heavy atom. The molecule has 3 aromatic rings. The third-order valence-electron chi connectivity index (χ3n) is 3.43. The summed E-state index contributed by atoms with van der Waals surface area (Å²) in [6, 6.07) is 8.34. The molecule has 22 heavy (non-hydrogen) atoms. The van der Waals surface area contributed by atoms with Crippen LogP contribution in [0.25, 0.3) is 11.0 Å². The van der Waals surface area contributed by atoms with Gasteiger partial charge >= 0.3 is 0 Å². The third kappa shape index (κ3) is 3.19. The molecule has 5 heteroatoms. The Bertz CT molecular complexity index is 761. The summed E-state index contributed by atoms with van der Waals surface area (Å²) in [5.74, 6) is 1.73. The number of aromatic amines is 1. The SMILES string of the molecule is Cc1cc(C)cc(OCC(C)Nc2ncnc3[nH]ccc23)c1. The minimum absolute atomic E-state index is 0.133. The van der Waals surface area contributed by atoms with Crippen LogP contribution in [0.1, 0.15) is 18.1 Å². The average molecular weight is 296 g/mol. The highest BCUT2D eigenvalue weighted by Crippen LogP contribution is 2.19. The van der Waals surface area contributed by atoms with Gasteiger partial charge in [0.05, 0.1) is 11.4 Å². The van der Waals surface area contributed by atoms with Gasteiger partial charge in [0.25, 0.3) is 0 Å². The van der Waals surface area contributed by atoms with E-state index in [0.29, 0.717) is 6.61 Å². The van der Waals surface area contributed by atoms with Crippen LogP contribution < -0.4 is 10.1 Å². The number of aromatic nitrogens is 3. The van der Waals surface area contributed by atoms with Gasteiger partial charge in [0.15, 0.2) is 0 Å². The molecule has 0 amide bonds. The number of H-pyrrole nitrogens is 1. The zero-order valence-electron chi connectivity index (χ0n) is 13.1. The standard InChI is InChI=1S/C17H20N4O/c1-11-6-12(2)8-14(7-11)22-9-13(3)21-17-15-4-5-18-16(15)19-10-20-17/h4-8,10,13H,9H2,1-3H3,(H2,18,19,20,21). The van der Waals surface area contributed by atoms with Gasteiger partial charge in [-0.25, -0.2) is 9.97 Å². The lowest BCUT2D eigenvalue weighted by atomic mass is 10.1. The maximum absolute atomic E-state index is 5.88. The fourth-order valence-corrected chi connectivity index (χ4v) is 2.50. The van der Waals surface area contributed by atoms with Gasteiger partial charge in [-0.05, 0) is 50.1 Å². The number of rotatable bonds is 5. The molecule has 2 aromatic heterocycles. The van der Waals surface area contributed by atoms with Gasteiger partial charge in [-0.2, -0.15) is 0 Å². The minimum Gasteiger partial charge on any atom is -0.491 e. The highest BCUT2D eigenvalue weighted by molar-refractivity contribution is 5.86. The topological polar surface area (TPSA) is 62.8 Å². The molecular formula is C17H20N4O. The van der Waals surface area contributed by atoms with Crippen molar-refractivity contribution in [2.45, 2.75) is 26.8 Å². The number of ether oxygens (including phenoxy) is 1. The molecule has 2 N–H and O–H groups in total. The first-order valence-corrected chi connectivity index (χ1v) is 7.37. The number of benzene rings is 1. The van der Waals surface area contributed by atoms with Crippen molar-refractivity contribution in [2.24, 2.45) is 0 Å². The second kappa shape index (κ2) is 6.05. The van der Waals surface area contributed by atoms with E-state index < -0.39 is 0 Å². The summed E-state index contributed by atoms with van der Waals surface area (Å²) >= 11 is 0. The molecule has 0 bridgehead atoms. The van der Waals surface area contributed by atoms with E-state index in [-0.39, 0.29) is 6.04 Å². The average Bonchev–Trinajstić information content (AvgIpc) is 2.94. The second-order valence-electron chi connectivity index (χ2n) is 5.64. The van der Waals surface area contributed by atoms with Gasteiger partial charge in [-0.15, -0.1) is 0 Å². The van der Waals surface area contributed by atoms with Crippen molar-refractivity contribution in [3.05, 3.63) is 47.9 Å². The van der Waals surface area contributed by atoms with Gasteiger partial charge in [0.2, 0.25) is 0 Å². The van der Waals surface area contributed by atoms with E-state index in [9.17, 15) is 0 Å². The number of fused-ring (bicyclic) bond motifs is 1. The third-order valence-corrected chi connectivity index (χ3v) is 3.43. The van der Waals surface area contributed by atoms with E-state index in [2.05, 4.69) is 59.2 Å². The Morgan fingerprint density at radius 2 is 1.95 bits per heavy atom. The van der Waals surface area contributed by atoms with Crippen molar-refractivity contribution < 1.29 is 4.74 Å². The molecule has 0 saturated carbocycles. The Hall–Kier alpha value is -2.56. The van der Waals surface area contributed by atoms with Crippen LogP contribution in [0.4, 0.5) is 5.82 Å². The molecule has 0 radical (unpaired) electrons. The molecule has 5 nitrogen and oxygen atoms in total. The Labute approximate surface area is 129 Å². The van der Waals surface area contributed by atoms with Gasteiger partial charge in [0, 0.05) is 6.20 Å². The number of hydrogen-bond donors (Lipinski definition) is 2. The molecule has 3 rings (SSSR count). The Kier molecular flexibility index (Phi) is 3.96. The van der Waals surface area contributed by atoms with E-state index in [1.807, 2.05) is 12.3 Å². The molecule has 0 aliphatic rings. The number of nitrogens with one attached hydrogen (secondary N) is 2. The van der Waals surface area contributed by atoms with Crippen LogP contribution >= 0.6 is 0 Å². The number of aryl methyl sites for hydroxylation is 2. The Balaban J connectivity index is 1.65. The highest BCUT2D eigenvalue weighted by Gasteiger charge is 2.09. The lowest BCUT2D eigenvalue weighted by Gasteiger charge is -2.16. The number of hydrogen-bond acceptors (Lipinski definition) is 4. The van der Waals surface area contributed by atoms with Crippen LogP contribution in [0.2, 0.25) is 0 Å². The summed E-state index contributed by atoms with van der Waals surface area (Å²) in [7, 11) is 0. The van der Waals surface area contributed by atoms with Crippen LogP contribution in [0.5, 0.6) is 5.75 Å². The van der Waals surface area contributed by atoms with Crippen molar-refractivity contribution in [3.63, 3.8) is 0 Å². The van der Waals surface area contributed by atoms with Crippen molar-refractivity contribution >= 4 is 16.9 Å². The van der Waals surface area contributed by atoms with Crippen LogP contribution in [0.15, 0.2) is 36.8 Å². The first-order valence-electron chi connectivity index (χ1n) is 7.37. The molecule has 0 aliphatic carbocycles. The van der Waals surface area contributed by atoms with Crippen LogP contribution in [-0.4, -0.2) is 27.6 Å². The summed E-state index contributed by atoms with van der Waals surface area (Å²) in [5, 5.41) is 4.36. The van der Waals surface area contributed by atoms with Crippen molar-refractivity contribution in [1.29, 1.82) is 0 Å². The lowest BCUT2D eigenvalue weighted by Crippen LogP contribution is -2.24. The van der Waals surface area contributed by atoms with Crippen LogP contribution in [-0.2, 0) is 0 Å². The molecule has 1 aromatic carbocycles. The van der Waals surface area contributed by atoms with Gasteiger partial charge < -0.3 is 15.0 Å². The number of nitrogens with zero attached hydrogens (tertiary/aromatic N) is 2. The normalized spacial score (nSPS) is 12.3. The fraction of sp³-hybridized carbons (Fsp3) is 0.294. The van der Waals surface area contributed by atoms with Crippen molar-refractivity contribution in [1.82, 2.24) is 15.0 Å². The predicted molar refractivity (Wildman–Crippen MR) is 88.4 cm³/mol. The van der Waals surface area contributed by atoms with Gasteiger partial charge in [0.1, 0.15) is 30.1 Å². The molecule has 114 valence electrons. The summed E-state index contributed by atoms with van der Waals surface area (Å²) in [4.78, 5) is 11.6. The first-order chi connectivity index (χ1) is 10.6. The van der Waals surface area contributed by atoms with Gasteiger partial charge in [-0.1, -0.05) is 6.07 Å². The lowest BCUT2D eigenvalue weighted by molar-refractivity contribution is 0.303. The van der Waals surface area contributed by atoms with Crippen LogP contribution in [0.3, 0.4) is 0 Å². The van der Waals surface area contributed by atoms with Gasteiger partial charge in [-0.3, -0.25) is 0 Å². The molecule has 0 spiro atoms. The largest absolute Gasteiger partial charge is 0.491 e. The molecule has 0 aliphatic heterocycles. The minimum atomic E-state index is 0.133. The van der Waals surface area contributed by atoms with E-state index >= 15 is 0 Å². The molecule has 1 unspecified atom stereocenters. The summed E-state index contributed by atoms with van der Waals surface area (Å²) in [6.45, 7) is 6.79. The van der Waals surface area contributed by atoms with E-state index in [4.69, 9.17) is 4.74 Å². The zero-order chi connectivity index (χ0) is 15.5. The van der Waals surface area contributed by atoms with E-state index in [1.165, 1.54) is 11.1 Å². The zero-order valence-corrected chi connectivity index (χ0v) is 13.1. The first kappa shape index (κ1) is 14.4. The second-order valence-corrected chi connectivity index (χ2v) is 5.64. The smallest absolute Gasteiger partial charge is 0.142 e. The predicted octanol–water partition coefficient (Wildman–Crippen LogP) is 3.45. The fourth-order valence-electron chi connectivity index (χ4n) is 2.50. The summed E-state index contributed by atoms with van der Waals surface area (Å²) in [6.07, 6.45) is 3.42. The highest BCUT2D eigenvalue weighted by atomic mass is 16.5. The summed E-state index contributed by atoms with van der Waals surface area (Å²) < 4.78 is 5.88. The van der Waals surface area contributed by atoms with Crippen molar-refractivity contribution in [2.75, 3.05) is 11.9 Å². The summed E-state index contributed by atoms with van der Waals surface area (Å²) in [5.41, 5.74) is 3.25. The van der Waals surface area contributed by atoms with E-state index in [1.54, 1.807) is 6.33 Å². The molecule has 0 saturated heterocycles. The molecule has 1 atom stereocenters. The van der Waals surface area contributed by atoms with E-state index in [0.717, 1.165) is 22.6 Å². The molecule has 0 fully saturated rings. The Morgan fingerprint density at radius 1 is 1.18 bits per heavy atom. The maximum Gasteiger partial charge on any atom is 0.142 e. The van der Waals surface area contributed by atoms with Crippen molar-refractivity contribution in [3.8, 4) is 5.75 Å². The maximum atomic E-state index is 5.88. The molecule has 2 heterocycles.